The van der Waals surface area contributed by atoms with Crippen molar-refractivity contribution in [1.82, 2.24) is 0 Å². The number of nitrogens with zero attached hydrogens (tertiary/aromatic N) is 1. The number of benzene rings is 1. The molecule has 0 radical (unpaired) electrons. The predicted octanol–water partition coefficient (Wildman–Crippen LogP) is 2.16. The maximum absolute atomic E-state index is 9.04. The van der Waals surface area contributed by atoms with Crippen LogP contribution in [0.25, 0.3) is 0 Å². The fourth-order valence-corrected chi connectivity index (χ4v) is 2.16. The largest absolute Gasteiger partial charge is 0.396 e. The van der Waals surface area contributed by atoms with E-state index in [2.05, 4.69) is 4.90 Å². The number of para-hydroxylation sites is 1. The molecule has 2 nitrogen and oxygen atoms in total. The number of halogens is 1. The molecule has 0 bridgehead atoms. The molecule has 76 valence electrons. The van der Waals surface area contributed by atoms with Crippen LogP contribution in [-0.4, -0.2) is 24.8 Å². The molecule has 1 aromatic carbocycles. The Balaban J connectivity index is 2.13. The first-order chi connectivity index (χ1) is 6.81. The number of rotatable bonds is 2. The standard InChI is InChI=1S/C11H14ClNO/c12-10-3-1-2-4-11(10)13-6-5-9(7-13)8-14/h1-4,9,14H,5-8H2/t9-/m1/s1. The molecule has 1 heterocycles. The van der Waals surface area contributed by atoms with Gasteiger partial charge in [0.1, 0.15) is 0 Å². The third-order valence-corrected chi connectivity index (χ3v) is 3.06. The molecular formula is C11H14ClNO. The van der Waals surface area contributed by atoms with Crippen molar-refractivity contribution < 1.29 is 5.11 Å². The van der Waals surface area contributed by atoms with Gasteiger partial charge in [0.2, 0.25) is 0 Å². The van der Waals surface area contributed by atoms with Crippen molar-refractivity contribution in [3.8, 4) is 0 Å². The number of hydrogen-bond acceptors (Lipinski definition) is 2. The minimum atomic E-state index is 0.279. The highest BCUT2D eigenvalue weighted by atomic mass is 35.5. The second-order valence-electron chi connectivity index (χ2n) is 3.73. The summed E-state index contributed by atoms with van der Waals surface area (Å²) in [6.07, 6.45) is 1.06. The minimum absolute atomic E-state index is 0.279. The highest BCUT2D eigenvalue weighted by Crippen LogP contribution is 2.29. The average molecular weight is 212 g/mol. The maximum Gasteiger partial charge on any atom is 0.0639 e. The topological polar surface area (TPSA) is 23.5 Å². The maximum atomic E-state index is 9.04. The summed E-state index contributed by atoms with van der Waals surface area (Å²) in [4.78, 5) is 2.24. The molecule has 0 amide bonds. The molecule has 0 unspecified atom stereocenters. The van der Waals surface area contributed by atoms with Gasteiger partial charge >= 0.3 is 0 Å². The zero-order valence-corrected chi connectivity index (χ0v) is 8.74. The van der Waals surface area contributed by atoms with Crippen LogP contribution in [0.5, 0.6) is 0 Å². The molecule has 1 aliphatic heterocycles. The summed E-state index contributed by atoms with van der Waals surface area (Å²) in [5.41, 5.74) is 1.09. The van der Waals surface area contributed by atoms with E-state index in [9.17, 15) is 0 Å². The highest BCUT2D eigenvalue weighted by Gasteiger charge is 2.22. The van der Waals surface area contributed by atoms with Crippen LogP contribution in [-0.2, 0) is 0 Å². The van der Waals surface area contributed by atoms with E-state index in [1.54, 1.807) is 0 Å². The summed E-state index contributed by atoms with van der Waals surface area (Å²) in [5.74, 6) is 0.409. The van der Waals surface area contributed by atoms with Gasteiger partial charge < -0.3 is 10.0 Å². The van der Waals surface area contributed by atoms with Crippen LogP contribution < -0.4 is 4.90 Å². The first-order valence-electron chi connectivity index (χ1n) is 4.91. The summed E-state index contributed by atoms with van der Waals surface area (Å²) in [6, 6.07) is 7.87. The van der Waals surface area contributed by atoms with Crippen molar-refractivity contribution in [2.45, 2.75) is 6.42 Å². The van der Waals surface area contributed by atoms with Gasteiger partial charge in [0.05, 0.1) is 10.7 Å². The van der Waals surface area contributed by atoms with Gasteiger partial charge in [-0.05, 0) is 18.6 Å². The van der Waals surface area contributed by atoms with Gasteiger partial charge in [0.15, 0.2) is 0 Å². The molecule has 1 fully saturated rings. The van der Waals surface area contributed by atoms with Gasteiger partial charge in [-0.25, -0.2) is 0 Å². The molecule has 1 saturated heterocycles. The van der Waals surface area contributed by atoms with Crippen LogP contribution in [0.4, 0.5) is 5.69 Å². The van der Waals surface area contributed by atoms with E-state index in [0.717, 1.165) is 30.2 Å². The van der Waals surface area contributed by atoms with E-state index < -0.39 is 0 Å². The molecule has 0 aliphatic carbocycles. The molecule has 3 heteroatoms. The van der Waals surface area contributed by atoms with E-state index in [-0.39, 0.29) is 6.61 Å². The van der Waals surface area contributed by atoms with E-state index in [4.69, 9.17) is 16.7 Å². The quantitative estimate of drug-likeness (QED) is 0.811. The van der Waals surface area contributed by atoms with E-state index in [0.29, 0.717) is 5.92 Å². The van der Waals surface area contributed by atoms with Crippen molar-refractivity contribution in [2.75, 3.05) is 24.6 Å². The van der Waals surface area contributed by atoms with E-state index in [1.165, 1.54) is 0 Å². The predicted molar refractivity (Wildman–Crippen MR) is 58.9 cm³/mol. The van der Waals surface area contributed by atoms with Gasteiger partial charge in [-0.3, -0.25) is 0 Å². The Hall–Kier alpha value is -0.730. The van der Waals surface area contributed by atoms with Crippen molar-refractivity contribution in [3.63, 3.8) is 0 Å². The number of aliphatic hydroxyl groups is 1. The van der Waals surface area contributed by atoms with Crippen LogP contribution in [0.15, 0.2) is 24.3 Å². The van der Waals surface area contributed by atoms with Crippen LogP contribution in [0.3, 0.4) is 0 Å². The van der Waals surface area contributed by atoms with Crippen molar-refractivity contribution in [3.05, 3.63) is 29.3 Å². The summed E-state index contributed by atoms with van der Waals surface area (Å²) in [5, 5.41) is 9.84. The average Bonchev–Trinajstić information content (AvgIpc) is 2.67. The summed E-state index contributed by atoms with van der Waals surface area (Å²) in [6.45, 7) is 2.19. The van der Waals surface area contributed by atoms with Crippen molar-refractivity contribution >= 4 is 17.3 Å². The second kappa shape index (κ2) is 4.20. The Morgan fingerprint density at radius 2 is 2.21 bits per heavy atom. The Morgan fingerprint density at radius 3 is 2.86 bits per heavy atom. The fourth-order valence-electron chi connectivity index (χ4n) is 1.91. The van der Waals surface area contributed by atoms with Gasteiger partial charge in [-0.2, -0.15) is 0 Å². The van der Waals surface area contributed by atoms with Gasteiger partial charge in [0.25, 0.3) is 0 Å². The van der Waals surface area contributed by atoms with E-state index >= 15 is 0 Å². The van der Waals surface area contributed by atoms with Crippen molar-refractivity contribution in [2.24, 2.45) is 5.92 Å². The monoisotopic (exact) mass is 211 g/mol. The zero-order chi connectivity index (χ0) is 9.97. The van der Waals surface area contributed by atoms with Gasteiger partial charge in [0, 0.05) is 25.6 Å². The number of aliphatic hydroxyl groups excluding tert-OH is 1. The van der Waals surface area contributed by atoms with Crippen LogP contribution in [0, 0.1) is 5.92 Å². The first kappa shape index (κ1) is 9.81. The Labute approximate surface area is 89.1 Å². The molecule has 1 aromatic rings. The molecule has 1 atom stereocenters. The molecule has 2 rings (SSSR count). The van der Waals surface area contributed by atoms with Crippen LogP contribution in [0.2, 0.25) is 5.02 Å². The molecule has 0 aromatic heterocycles. The Kier molecular flexibility index (Phi) is 2.94. The summed E-state index contributed by atoms with van der Waals surface area (Å²) in [7, 11) is 0. The normalized spacial score (nSPS) is 21.6. The lowest BCUT2D eigenvalue weighted by molar-refractivity contribution is 0.238. The van der Waals surface area contributed by atoms with Gasteiger partial charge in [-0.1, -0.05) is 23.7 Å². The summed E-state index contributed by atoms with van der Waals surface area (Å²) >= 11 is 6.09. The highest BCUT2D eigenvalue weighted by molar-refractivity contribution is 6.33. The minimum Gasteiger partial charge on any atom is -0.396 e. The number of hydrogen-bond donors (Lipinski definition) is 1. The van der Waals surface area contributed by atoms with Gasteiger partial charge in [-0.15, -0.1) is 0 Å². The SMILES string of the molecule is OC[C@@H]1CCN(c2ccccc2Cl)C1. The first-order valence-corrected chi connectivity index (χ1v) is 5.29. The smallest absolute Gasteiger partial charge is 0.0639 e. The van der Waals surface area contributed by atoms with E-state index in [1.807, 2.05) is 24.3 Å². The molecule has 1 aliphatic rings. The van der Waals surface area contributed by atoms with Crippen LogP contribution in [0.1, 0.15) is 6.42 Å². The Morgan fingerprint density at radius 1 is 1.43 bits per heavy atom. The molecule has 14 heavy (non-hydrogen) atoms. The fraction of sp³-hybridized carbons (Fsp3) is 0.455. The lowest BCUT2D eigenvalue weighted by Crippen LogP contribution is -2.20. The molecule has 0 spiro atoms. The molecule has 0 saturated carbocycles. The number of anilines is 1. The van der Waals surface area contributed by atoms with Crippen LogP contribution >= 0.6 is 11.6 Å². The molecule has 1 N–H and O–H groups in total. The third kappa shape index (κ3) is 1.86. The molecular weight excluding hydrogens is 198 g/mol. The van der Waals surface area contributed by atoms with Crippen molar-refractivity contribution in [1.29, 1.82) is 0 Å². The Bertz CT molecular complexity index is 316. The summed E-state index contributed by atoms with van der Waals surface area (Å²) < 4.78 is 0. The lowest BCUT2D eigenvalue weighted by Gasteiger charge is -2.19. The zero-order valence-electron chi connectivity index (χ0n) is 7.99. The third-order valence-electron chi connectivity index (χ3n) is 2.74. The lowest BCUT2D eigenvalue weighted by atomic mass is 10.1. The second-order valence-corrected chi connectivity index (χ2v) is 4.14.